The number of ether oxygens (including phenoxy) is 2. The highest BCUT2D eigenvalue weighted by molar-refractivity contribution is 5.51. The van der Waals surface area contributed by atoms with Crippen LogP contribution in [0, 0.1) is 0 Å². The van der Waals surface area contributed by atoms with Crippen LogP contribution in [0.15, 0.2) is 24.3 Å². The van der Waals surface area contributed by atoms with Crippen molar-refractivity contribution < 1.29 is 9.47 Å². The van der Waals surface area contributed by atoms with E-state index in [4.69, 9.17) is 15.2 Å². The number of para-hydroxylation sites is 2. The van der Waals surface area contributed by atoms with Gasteiger partial charge >= 0.3 is 0 Å². The van der Waals surface area contributed by atoms with Crippen LogP contribution in [-0.2, 0) is 4.74 Å². The van der Waals surface area contributed by atoms with Crippen LogP contribution in [0.25, 0.3) is 0 Å². The van der Waals surface area contributed by atoms with Gasteiger partial charge in [-0.25, -0.2) is 0 Å². The fraction of sp³-hybridized carbons (Fsp3) is 0.600. The Morgan fingerprint density at radius 1 is 0.944 bits per heavy atom. The molecule has 2 N–H and O–H groups in total. The Kier molecular flexibility index (Phi) is 8.06. The Hall–Kier alpha value is -1.22. The monoisotopic (exact) mass is 251 g/mol. The van der Waals surface area contributed by atoms with E-state index in [2.05, 4.69) is 6.92 Å². The van der Waals surface area contributed by atoms with E-state index in [0.29, 0.717) is 12.3 Å². The van der Waals surface area contributed by atoms with Gasteiger partial charge in [0.05, 0.1) is 12.3 Å². The summed E-state index contributed by atoms with van der Waals surface area (Å²) in [4.78, 5) is 0. The summed E-state index contributed by atoms with van der Waals surface area (Å²) in [7, 11) is 0. The van der Waals surface area contributed by atoms with Crippen LogP contribution in [-0.4, -0.2) is 19.8 Å². The minimum atomic E-state index is 0.656. The van der Waals surface area contributed by atoms with Crippen molar-refractivity contribution in [2.75, 3.05) is 25.6 Å². The predicted molar refractivity (Wildman–Crippen MR) is 75.9 cm³/mol. The van der Waals surface area contributed by atoms with E-state index >= 15 is 0 Å². The third-order valence-corrected chi connectivity index (χ3v) is 2.75. The molecule has 0 heterocycles. The highest BCUT2D eigenvalue weighted by atomic mass is 16.5. The lowest BCUT2D eigenvalue weighted by Crippen LogP contribution is -2.05. The quantitative estimate of drug-likeness (QED) is 0.510. The third kappa shape index (κ3) is 6.50. The van der Waals surface area contributed by atoms with E-state index < -0.39 is 0 Å². The lowest BCUT2D eigenvalue weighted by atomic mass is 10.2. The summed E-state index contributed by atoms with van der Waals surface area (Å²) in [5.74, 6) is 0.764. The number of unbranched alkanes of at least 4 members (excludes halogenated alkanes) is 3. The topological polar surface area (TPSA) is 44.5 Å². The van der Waals surface area contributed by atoms with Crippen LogP contribution >= 0.6 is 0 Å². The molecule has 1 rings (SSSR count). The molecule has 0 spiro atoms. The molecule has 0 radical (unpaired) electrons. The molecule has 0 unspecified atom stereocenters. The van der Waals surface area contributed by atoms with Crippen molar-refractivity contribution in [2.45, 2.75) is 39.0 Å². The summed E-state index contributed by atoms with van der Waals surface area (Å²) in [6, 6.07) is 7.57. The van der Waals surface area contributed by atoms with Gasteiger partial charge in [0.1, 0.15) is 5.75 Å². The van der Waals surface area contributed by atoms with Gasteiger partial charge in [-0.1, -0.05) is 38.3 Å². The van der Waals surface area contributed by atoms with Crippen LogP contribution in [0.4, 0.5) is 5.69 Å². The summed E-state index contributed by atoms with van der Waals surface area (Å²) in [6.07, 6.45) is 5.92. The number of anilines is 1. The molecule has 0 saturated carbocycles. The van der Waals surface area contributed by atoms with Crippen LogP contribution in [0.5, 0.6) is 5.75 Å². The zero-order valence-electron chi connectivity index (χ0n) is 11.4. The van der Waals surface area contributed by atoms with Gasteiger partial charge in [0.2, 0.25) is 0 Å². The molecule has 1 aromatic rings. The van der Waals surface area contributed by atoms with E-state index in [9.17, 15) is 0 Å². The van der Waals surface area contributed by atoms with Crippen molar-refractivity contribution in [1.82, 2.24) is 0 Å². The van der Waals surface area contributed by atoms with Crippen molar-refractivity contribution in [3.63, 3.8) is 0 Å². The molecule has 0 saturated heterocycles. The first-order valence-electron chi connectivity index (χ1n) is 6.89. The van der Waals surface area contributed by atoms with E-state index in [-0.39, 0.29) is 0 Å². The largest absolute Gasteiger partial charge is 0.491 e. The van der Waals surface area contributed by atoms with Crippen LogP contribution in [0.1, 0.15) is 39.0 Å². The molecule has 0 atom stereocenters. The standard InChI is InChI=1S/C15H25NO2/c1-2-3-4-7-11-17-12-8-13-18-15-10-6-5-9-14(15)16/h5-6,9-10H,2-4,7-8,11-13,16H2,1H3. The molecule has 0 fully saturated rings. The van der Waals surface area contributed by atoms with Crippen molar-refractivity contribution >= 4 is 5.69 Å². The Labute approximate surface area is 110 Å². The molecule has 0 amide bonds. The molecule has 3 nitrogen and oxygen atoms in total. The Morgan fingerprint density at radius 3 is 2.50 bits per heavy atom. The van der Waals surface area contributed by atoms with E-state index in [1.54, 1.807) is 0 Å². The molecular weight excluding hydrogens is 226 g/mol. The molecule has 0 aliphatic rings. The van der Waals surface area contributed by atoms with Gasteiger partial charge in [-0.3, -0.25) is 0 Å². The number of benzene rings is 1. The summed E-state index contributed by atoms with van der Waals surface area (Å²) >= 11 is 0. The van der Waals surface area contributed by atoms with Gasteiger partial charge in [0.25, 0.3) is 0 Å². The number of hydrogen-bond acceptors (Lipinski definition) is 3. The minimum Gasteiger partial charge on any atom is -0.491 e. The second-order valence-electron chi connectivity index (χ2n) is 4.41. The highest BCUT2D eigenvalue weighted by Crippen LogP contribution is 2.19. The molecule has 0 aliphatic carbocycles. The van der Waals surface area contributed by atoms with Gasteiger partial charge in [-0.05, 0) is 18.6 Å². The Bertz CT molecular complexity index is 315. The minimum absolute atomic E-state index is 0.656. The molecule has 3 heteroatoms. The lowest BCUT2D eigenvalue weighted by molar-refractivity contribution is 0.116. The Morgan fingerprint density at radius 2 is 1.72 bits per heavy atom. The maximum atomic E-state index is 5.77. The van der Waals surface area contributed by atoms with Crippen molar-refractivity contribution in [1.29, 1.82) is 0 Å². The van der Waals surface area contributed by atoms with E-state index in [1.807, 2.05) is 24.3 Å². The van der Waals surface area contributed by atoms with Gasteiger partial charge < -0.3 is 15.2 Å². The third-order valence-electron chi connectivity index (χ3n) is 2.75. The highest BCUT2D eigenvalue weighted by Gasteiger charge is 1.97. The molecular formula is C15H25NO2. The van der Waals surface area contributed by atoms with E-state index in [1.165, 1.54) is 25.7 Å². The molecule has 0 aromatic heterocycles. The van der Waals surface area contributed by atoms with Crippen LogP contribution in [0.2, 0.25) is 0 Å². The normalized spacial score (nSPS) is 10.5. The molecule has 0 aliphatic heterocycles. The first kappa shape index (κ1) is 14.8. The van der Waals surface area contributed by atoms with Gasteiger partial charge in [0.15, 0.2) is 0 Å². The Balaban J connectivity index is 1.94. The maximum absolute atomic E-state index is 5.77. The second kappa shape index (κ2) is 9.77. The van der Waals surface area contributed by atoms with Gasteiger partial charge in [0, 0.05) is 19.6 Å². The number of hydrogen-bond donors (Lipinski definition) is 1. The second-order valence-corrected chi connectivity index (χ2v) is 4.41. The van der Waals surface area contributed by atoms with Gasteiger partial charge in [-0.15, -0.1) is 0 Å². The van der Waals surface area contributed by atoms with Crippen LogP contribution in [0.3, 0.4) is 0 Å². The lowest BCUT2D eigenvalue weighted by Gasteiger charge is -2.08. The smallest absolute Gasteiger partial charge is 0.142 e. The summed E-state index contributed by atoms with van der Waals surface area (Å²) < 4.78 is 11.1. The zero-order valence-corrected chi connectivity index (χ0v) is 11.4. The molecule has 0 bridgehead atoms. The summed E-state index contributed by atoms with van der Waals surface area (Å²) in [5.41, 5.74) is 6.47. The average molecular weight is 251 g/mol. The first-order valence-corrected chi connectivity index (χ1v) is 6.89. The molecule has 1 aromatic carbocycles. The summed E-state index contributed by atoms with van der Waals surface area (Å²) in [5, 5.41) is 0. The fourth-order valence-electron chi connectivity index (χ4n) is 1.69. The maximum Gasteiger partial charge on any atom is 0.142 e. The molecule has 18 heavy (non-hydrogen) atoms. The van der Waals surface area contributed by atoms with Crippen molar-refractivity contribution in [3.8, 4) is 5.75 Å². The van der Waals surface area contributed by atoms with Crippen molar-refractivity contribution in [2.24, 2.45) is 0 Å². The number of rotatable bonds is 10. The number of nitrogen functional groups attached to an aromatic ring is 1. The summed E-state index contributed by atoms with van der Waals surface area (Å²) in [6.45, 7) is 4.50. The first-order chi connectivity index (χ1) is 8.84. The predicted octanol–water partition coefficient (Wildman–Crippen LogP) is 3.63. The van der Waals surface area contributed by atoms with Crippen LogP contribution < -0.4 is 10.5 Å². The fourth-order valence-corrected chi connectivity index (χ4v) is 1.69. The average Bonchev–Trinajstić information content (AvgIpc) is 2.39. The SMILES string of the molecule is CCCCCCOCCCOc1ccccc1N. The van der Waals surface area contributed by atoms with Crippen molar-refractivity contribution in [3.05, 3.63) is 24.3 Å². The molecule has 102 valence electrons. The number of nitrogens with two attached hydrogens (primary N) is 1. The zero-order chi connectivity index (χ0) is 13.1. The van der Waals surface area contributed by atoms with E-state index in [0.717, 1.165) is 25.4 Å². The van der Waals surface area contributed by atoms with Gasteiger partial charge in [-0.2, -0.15) is 0 Å².